The van der Waals surface area contributed by atoms with Gasteiger partial charge in [0.25, 0.3) is 11.7 Å². The second kappa shape index (κ2) is 8.75. The topological polar surface area (TPSA) is 70.1 Å². The number of Topliss-reactive ketones (excluding diaryl/α,β-unsaturated/α-hetero) is 1. The van der Waals surface area contributed by atoms with Gasteiger partial charge in [-0.1, -0.05) is 6.07 Å². The first-order valence-corrected chi connectivity index (χ1v) is 10.0. The van der Waals surface area contributed by atoms with Gasteiger partial charge in [-0.15, -0.1) is 11.3 Å². The zero-order valence-corrected chi connectivity index (χ0v) is 17.3. The summed E-state index contributed by atoms with van der Waals surface area (Å²) in [6.07, 6.45) is 0.672. The van der Waals surface area contributed by atoms with E-state index in [1.165, 1.54) is 35.5 Å². The fourth-order valence-electron chi connectivity index (χ4n) is 3.42. The summed E-state index contributed by atoms with van der Waals surface area (Å²) < 4.78 is 19.1. The Labute approximate surface area is 172 Å². The smallest absolute Gasteiger partial charge is 0.295 e. The molecule has 2 aromatic rings. The van der Waals surface area contributed by atoms with E-state index < -0.39 is 29.3 Å². The van der Waals surface area contributed by atoms with Crippen molar-refractivity contribution in [1.82, 2.24) is 9.80 Å². The van der Waals surface area contributed by atoms with Gasteiger partial charge in [-0.05, 0) is 56.7 Å². The van der Waals surface area contributed by atoms with Crippen LogP contribution in [0.5, 0.6) is 5.75 Å². The van der Waals surface area contributed by atoms with Gasteiger partial charge in [0.05, 0.1) is 24.3 Å². The number of aliphatic hydroxyl groups is 1. The standard InChI is InChI=1S/C21H23FN2O4S/c1-23(2)9-5-10-24-18(16-6-4-11-29-16)17(20(26)21(24)27)19(25)14-12-13(22)7-8-15(14)28-3/h4,6-8,11-12,18,25H,5,9-10H2,1-3H3/b19-17+/t18-/m1/s1. The number of methoxy groups -OCH3 is 1. The lowest BCUT2D eigenvalue weighted by Crippen LogP contribution is -2.32. The third-order valence-electron chi connectivity index (χ3n) is 4.77. The molecule has 1 aromatic heterocycles. The van der Waals surface area contributed by atoms with Crippen LogP contribution in [-0.2, 0) is 9.59 Å². The first-order chi connectivity index (χ1) is 13.8. The largest absolute Gasteiger partial charge is 0.507 e. The molecule has 0 aliphatic carbocycles. The van der Waals surface area contributed by atoms with E-state index in [0.29, 0.717) is 13.0 Å². The van der Waals surface area contributed by atoms with Crippen molar-refractivity contribution in [3.63, 3.8) is 0 Å². The van der Waals surface area contributed by atoms with E-state index in [1.54, 1.807) is 0 Å². The van der Waals surface area contributed by atoms with Crippen LogP contribution in [0.25, 0.3) is 5.76 Å². The fourth-order valence-corrected chi connectivity index (χ4v) is 4.27. The summed E-state index contributed by atoms with van der Waals surface area (Å²) in [6, 6.07) is 6.59. The molecule has 154 valence electrons. The second-order valence-corrected chi connectivity index (χ2v) is 7.99. The first-order valence-electron chi connectivity index (χ1n) is 9.15. The number of rotatable bonds is 7. The van der Waals surface area contributed by atoms with E-state index in [9.17, 15) is 19.1 Å². The number of aliphatic hydroxyl groups excluding tert-OH is 1. The number of amides is 1. The Kier molecular flexibility index (Phi) is 6.34. The molecule has 29 heavy (non-hydrogen) atoms. The molecule has 2 heterocycles. The number of halogens is 1. The summed E-state index contributed by atoms with van der Waals surface area (Å²) in [5, 5.41) is 12.8. The molecular weight excluding hydrogens is 395 g/mol. The molecule has 0 bridgehead atoms. The van der Waals surface area contributed by atoms with Gasteiger partial charge in [0.15, 0.2) is 0 Å². The van der Waals surface area contributed by atoms with E-state index in [4.69, 9.17) is 4.74 Å². The average Bonchev–Trinajstić information content (AvgIpc) is 3.29. The number of hydrogen-bond donors (Lipinski definition) is 1. The highest BCUT2D eigenvalue weighted by Gasteiger charge is 2.46. The molecule has 1 saturated heterocycles. The maximum absolute atomic E-state index is 13.8. The SMILES string of the molecule is COc1ccc(F)cc1/C(O)=C1\C(=O)C(=O)N(CCCN(C)C)[C@@H]1c1cccs1. The minimum Gasteiger partial charge on any atom is -0.507 e. The normalized spacial score (nSPS) is 18.7. The third-order valence-corrected chi connectivity index (χ3v) is 5.70. The van der Waals surface area contributed by atoms with Crippen LogP contribution in [0.1, 0.15) is 22.9 Å². The number of nitrogens with zero attached hydrogens (tertiary/aromatic N) is 2. The number of thiophene rings is 1. The molecule has 1 aliphatic rings. The van der Waals surface area contributed by atoms with Crippen LogP contribution in [0.15, 0.2) is 41.3 Å². The first kappa shape index (κ1) is 21.0. The highest BCUT2D eigenvalue weighted by Crippen LogP contribution is 2.42. The Balaban J connectivity index is 2.10. The summed E-state index contributed by atoms with van der Waals surface area (Å²) in [4.78, 5) is 29.9. The maximum atomic E-state index is 13.8. The highest BCUT2D eigenvalue weighted by molar-refractivity contribution is 7.10. The monoisotopic (exact) mass is 418 g/mol. The van der Waals surface area contributed by atoms with E-state index in [1.807, 2.05) is 36.5 Å². The van der Waals surface area contributed by atoms with E-state index >= 15 is 0 Å². The van der Waals surface area contributed by atoms with Gasteiger partial charge in [-0.2, -0.15) is 0 Å². The van der Waals surface area contributed by atoms with Crippen molar-refractivity contribution in [1.29, 1.82) is 0 Å². The van der Waals surface area contributed by atoms with E-state index in [-0.39, 0.29) is 16.9 Å². The molecule has 0 radical (unpaired) electrons. The number of benzene rings is 1. The number of ketones is 1. The molecule has 1 amide bonds. The van der Waals surface area contributed by atoms with Crippen molar-refractivity contribution >= 4 is 28.8 Å². The summed E-state index contributed by atoms with van der Waals surface area (Å²) in [5.74, 6) is -2.25. The van der Waals surface area contributed by atoms with Crippen LogP contribution in [0.3, 0.4) is 0 Å². The Hall–Kier alpha value is -2.71. The van der Waals surface area contributed by atoms with Crippen LogP contribution < -0.4 is 4.74 Å². The van der Waals surface area contributed by atoms with Crippen LogP contribution in [0.2, 0.25) is 0 Å². The molecule has 1 fully saturated rings. The van der Waals surface area contributed by atoms with Gasteiger partial charge in [0.2, 0.25) is 0 Å². The third kappa shape index (κ3) is 4.18. The highest BCUT2D eigenvalue weighted by atomic mass is 32.1. The Bertz CT molecular complexity index is 940. The summed E-state index contributed by atoms with van der Waals surface area (Å²) in [6.45, 7) is 1.11. The molecule has 1 aliphatic heterocycles. The van der Waals surface area contributed by atoms with Gasteiger partial charge in [-0.25, -0.2) is 4.39 Å². The maximum Gasteiger partial charge on any atom is 0.295 e. The van der Waals surface area contributed by atoms with Crippen LogP contribution in [0.4, 0.5) is 4.39 Å². The minimum atomic E-state index is -0.780. The number of carbonyl (C=O) groups excluding carboxylic acids is 2. The van der Waals surface area contributed by atoms with Crippen molar-refractivity contribution < 1.29 is 23.8 Å². The van der Waals surface area contributed by atoms with Gasteiger partial charge >= 0.3 is 0 Å². The van der Waals surface area contributed by atoms with Crippen molar-refractivity contribution in [3.8, 4) is 5.75 Å². The Morgan fingerprint density at radius 2 is 2.07 bits per heavy atom. The molecule has 0 saturated carbocycles. The van der Waals surface area contributed by atoms with Gasteiger partial charge in [0.1, 0.15) is 17.3 Å². The van der Waals surface area contributed by atoms with Gasteiger partial charge < -0.3 is 19.6 Å². The lowest BCUT2D eigenvalue weighted by molar-refractivity contribution is -0.139. The van der Waals surface area contributed by atoms with E-state index in [2.05, 4.69) is 0 Å². The molecule has 8 heteroatoms. The Morgan fingerprint density at radius 3 is 2.69 bits per heavy atom. The van der Waals surface area contributed by atoms with E-state index in [0.717, 1.165) is 17.5 Å². The molecule has 3 rings (SSSR count). The minimum absolute atomic E-state index is 0.0420. The summed E-state index contributed by atoms with van der Waals surface area (Å²) in [5.41, 5.74) is -0.00782. The molecule has 1 atom stereocenters. The van der Waals surface area contributed by atoms with Crippen LogP contribution >= 0.6 is 11.3 Å². The van der Waals surface area contributed by atoms with Crippen molar-refractivity contribution in [2.75, 3.05) is 34.3 Å². The number of carbonyl (C=O) groups is 2. The van der Waals surface area contributed by atoms with Crippen molar-refractivity contribution in [3.05, 3.63) is 57.5 Å². The molecule has 1 aromatic carbocycles. The van der Waals surface area contributed by atoms with Gasteiger partial charge in [-0.3, -0.25) is 9.59 Å². The van der Waals surface area contributed by atoms with Crippen LogP contribution in [-0.4, -0.2) is 60.9 Å². The van der Waals surface area contributed by atoms with Crippen molar-refractivity contribution in [2.45, 2.75) is 12.5 Å². The lowest BCUT2D eigenvalue weighted by atomic mass is 9.99. The summed E-state index contributed by atoms with van der Waals surface area (Å²) >= 11 is 1.39. The number of hydrogen-bond acceptors (Lipinski definition) is 6. The summed E-state index contributed by atoms with van der Waals surface area (Å²) in [7, 11) is 5.25. The number of ether oxygens (including phenoxy) is 1. The average molecular weight is 418 g/mol. The lowest BCUT2D eigenvalue weighted by Gasteiger charge is -2.24. The predicted octanol–water partition coefficient (Wildman–Crippen LogP) is 3.27. The van der Waals surface area contributed by atoms with Gasteiger partial charge in [0, 0.05) is 11.4 Å². The Morgan fingerprint density at radius 1 is 1.31 bits per heavy atom. The molecule has 6 nitrogen and oxygen atoms in total. The zero-order valence-electron chi connectivity index (χ0n) is 16.5. The van der Waals surface area contributed by atoms with Crippen molar-refractivity contribution in [2.24, 2.45) is 0 Å². The molecule has 0 spiro atoms. The second-order valence-electron chi connectivity index (χ2n) is 7.01. The zero-order chi connectivity index (χ0) is 21.1. The molecule has 1 N–H and O–H groups in total. The predicted molar refractivity (Wildman–Crippen MR) is 109 cm³/mol. The number of likely N-dealkylation sites (tertiary alicyclic amines) is 1. The van der Waals surface area contributed by atoms with Crippen LogP contribution in [0, 0.1) is 5.82 Å². The molecule has 0 unspecified atom stereocenters. The molecular formula is C21H23FN2O4S. The fraction of sp³-hybridized carbons (Fsp3) is 0.333. The quantitative estimate of drug-likeness (QED) is 0.425.